The van der Waals surface area contributed by atoms with Gasteiger partial charge in [-0.1, -0.05) is 29.3 Å². The van der Waals surface area contributed by atoms with Crippen LogP contribution in [0.1, 0.15) is 9.67 Å². The van der Waals surface area contributed by atoms with E-state index in [9.17, 15) is 4.79 Å². The van der Waals surface area contributed by atoms with Crippen LogP contribution in [0.25, 0.3) is 21.8 Å². The Labute approximate surface area is 161 Å². The third-order valence-corrected chi connectivity index (χ3v) is 7.08. The first-order valence-electron chi connectivity index (χ1n) is 6.71. The number of rotatable bonds is 4. The average Bonchev–Trinajstić information content (AvgIpc) is 3.22. The highest BCUT2D eigenvalue weighted by molar-refractivity contribution is 8.00. The molecule has 0 radical (unpaired) electrons. The number of benzene rings is 1. The van der Waals surface area contributed by atoms with Gasteiger partial charge in [-0.25, -0.2) is 9.78 Å². The summed E-state index contributed by atoms with van der Waals surface area (Å²) in [5.41, 5.74) is 2.68. The molecule has 8 heteroatoms. The van der Waals surface area contributed by atoms with E-state index in [0.29, 0.717) is 14.9 Å². The van der Waals surface area contributed by atoms with Crippen molar-refractivity contribution in [2.24, 2.45) is 0 Å². The van der Waals surface area contributed by atoms with Crippen LogP contribution in [0.5, 0.6) is 0 Å². The summed E-state index contributed by atoms with van der Waals surface area (Å²) >= 11 is 16.6. The van der Waals surface area contributed by atoms with Gasteiger partial charge in [-0.15, -0.1) is 34.4 Å². The molecule has 2 heterocycles. The number of thioether (sulfide) groups is 1. The molecule has 0 spiro atoms. The Morgan fingerprint density at radius 1 is 1.25 bits per heavy atom. The van der Waals surface area contributed by atoms with Crippen LogP contribution in [0, 0.1) is 0 Å². The van der Waals surface area contributed by atoms with Crippen LogP contribution in [-0.2, 0) is 4.74 Å². The number of esters is 1. The molecule has 0 amide bonds. The molecule has 0 N–H and O–H groups in total. The highest BCUT2D eigenvalue weighted by Crippen LogP contribution is 2.40. The molecule has 2 aromatic heterocycles. The summed E-state index contributed by atoms with van der Waals surface area (Å²) in [5, 5.41) is 3.83. The second kappa shape index (κ2) is 7.45. The number of hydrogen-bond donors (Lipinski definition) is 0. The van der Waals surface area contributed by atoms with Crippen LogP contribution in [0.15, 0.2) is 33.9 Å². The van der Waals surface area contributed by atoms with Gasteiger partial charge in [0.2, 0.25) is 0 Å². The Morgan fingerprint density at radius 3 is 2.71 bits per heavy atom. The molecule has 1 aromatic carbocycles. The molecular formula is C16H11Cl2NO2S3. The van der Waals surface area contributed by atoms with E-state index in [1.165, 1.54) is 29.8 Å². The van der Waals surface area contributed by atoms with Crippen molar-refractivity contribution >= 4 is 63.6 Å². The van der Waals surface area contributed by atoms with Gasteiger partial charge in [-0.2, -0.15) is 0 Å². The number of aromatic nitrogens is 1. The van der Waals surface area contributed by atoms with E-state index >= 15 is 0 Å². The molecule has 0 aliphatic carbocycles. The van der Waals surface area contributed by atoms with Crippen molar-refractivity contribution in [3.05, 3.63) is 44.6 Å². The van der Waals surface area contributed by atoms with Gasteiger partial charge in [0.05, 0.1) is 27.1 Å². The summed E-state index contributed by atoms with van der Waals surface area (Å²) in [5.74, 6) is -0.331. The smallest absolute Gasteiger partial charge is 0.348 e. The zero-order chi connectivity index (χ0) is 17.3. The standard InChI is InChI=1S/C16H11Cl2NO2S3/c1-21-15(20)13-6-9(16(22-2)24-13)14-19-12(7-23-14)8-3-4-10(17)11(18)5-8/h3-7H,1-2H3. The molecule has 0 aliphatic heterocycles. The Bertz CT molecular complexity index is 905. The van der Waals surface area contributed by atoms with Gasteiger partial charge < -0.3 is 4.74 Å². The molecule has 0 saturated carbocycles. The molecule has 3 nitrogen and oxygen atoms in total. The second-order valence-corrected chi connectivity index (χ2v) is 8.47. The fraction of sp³-hybridized carbons (Fsp3) is 0.125. The van der Waals surface area contributed by atoms with Crippen molar-refractivity contribution in [1.82, 2.24) is 4.98 Å². The number of methoxy groups -OCH3 is 1. The normalized spacial score (nSPS) is 10.8. The number of halogens is 2. The summed E-state index contributed by atoms with van der Waals surface area (Å²) < 4.78 is 5.83. The van der Waals surface area contributed by atoms with E-state index < -0.39 is 0 Å². The van der Waals surface area contributed by atoms with Gasteiger partial charge in [0.15, 0.2) is 0 Å². The highest BCUT2D eigenvalue weighted by atomic mass is 35.5. The van der Waals surface area contributed by atoms with Gasteiger partial charge in [-0.3, -0.25) is 0 Å². The third kappa shape index (κ3) is 3.48. The lowest BCUT2D eigenvalue weighted by Crippen LogP contribution is -1.96. The van der Waals surface area contributed by atoms with Crippen LogP contribution in [0.4, 0.5) is 0 Å². The molecule has 124 valence electrons. The number of thiazole rings is 1. The molecule has 0 fully saturated rings. The molecular weight excluding hydrogens is 405 g/mol. The SMILES string of the molecule is COC(=O)c1cc(-c2nc(-c3ccc(Cl)c(Cl)c3)cs2)c(SC)s1. The number of carbonyl (C=O) groups is 1. The third-order valence-electron chi connectivity index (χ3n) is 3.22. The van der Waals surface area contributed by atoms with E-state index in [0.717, 1.165) is 26.0 Å². The fourth-order valence-corrected chi connectivity index (χ4v) is 5.13. The van der Waals surface area contributed by atoms with Crippen LogP contribution in [0.2, 0.25) is 10.0 Å². The van der Waals surface area contributed by atoms with Crippen LogP contribution in [0.3, 0.4) is 0 Å². The summed E-state index contributed by atoms with van der Waals surface area (Å²) in [7, 11) is 1.38. The Kier molecular flexibility index (Phi) is 5.52. The predicted octanol–water partition coefficient (Wildman–Crippen LogP) is 6.35. The van der Waals surface area contributed by atoms with E-state index in [1.807, 2.05) is 23.8 Å². The molecule has 0 atom stereocenters. The second-order valence-electron chi connectivity index (χ2n) is 4.67. The molecule has 0 bridgehead atoms. The van der Waals surface area contributed by atoms with Gasteiger partial charge in [-0.05, 0) is 24.5 Å². The molecule has 0 unspecified atom stereocenters. The first-order valence-corrected chi connectivity index (χ1v) is 10.4. The predicted molar refractivity (Wildman–Crippen MR) is 104 cm³/mol. The molecule has 0 aliphatic rings. The van der Waals surface area contributed by atoms with E-state index in [4.69, 9.17) is 27.9 Å². The van der Waals surface area contributed by atoms with Crippen molar-refractivity contribution < 1.29 is 9.53 Å². The molecule has 3 rings (SSSR count). The maximum atomic E-state index is 11.8. The Morgan fingerprint density at radius 2 is 2.04 bits per heavy atom. The summed E-state index contributed by atoms with van der Waals surface area (Å²) in [6, 6.07) is 7.27. The molecule has 24 heavy (non-hydrogen) atoms. The fourth-order valence-electron chi connectivity index (χ4n) is 2.06. The van der Waals surface area contributed by atoms with Crippen LogP contribution in [-0.4, -0.2) is 24.3 Å². The number of hydrogen-bond acceptors (Lipinski definition) is 6. The first kappa shape index (κ1) is 17.8. The summed E-state index contributed by atoms with van der Waals surface area (Å²) in [4.78, 5) is 17.0. The highest BCUT2D eigenvalue weighted by Gasteiger charge is 2.18. The minimum absolute atomic E-state index is 0.331. The van der Waals surface area contributed by atoms with Crippen molar-refractivity contribution in [2.75, 3.05) is 13.4 Å². The minimum atomic E-state index is -0.331. The van der Waals surface area contributed by atoms with E-state index in [2.05, 4.69) is 4.98 Å². The van der Waals surface area contributed by atoms with Crippen molar-refractivity contribution in [1.29, 1.82) is 0 Å². The monoisotopic (exact) mass is 415 g/mol. The quantitative estimate of drug-likeness (QED) is 0.367. The zero-order valence-corrected chi connectivity index (χ0v) is 16.6. The van der Waals surface area contributed by atoms with Gasteiger partial charge in [0, 0.05) is 16.5 Å². The Hall–Kier alpha value is -1.05. The Balaban J connectivity index is 2.00. The lowest BCUT2D eigenvalue weighted by molar-refractivity contribution is 0.0606. The number of thiophene rings is 1. The molecule has 3 aromatic rings. The van der Waals surface area contributed by atoms with Crippen molar-refractivity contribution in [3.63, 3.8) is 0 Å². The van der Waals surface area contributed by atoms with E-state index in [1.54, 1.807) is 23.9 Å². The maximum Gasteiger partial charge on any atom is 0.348 e. The van der Waals surface area contributed by atoms with E-state index in [-0.39, 0.29) is 5.97 Å². The average molecular weight is 416 g/mol. The lowest BCUT2D eigenvalue weighted by Gasteiger charge is -2.00. The van der Waals surface area contributed by atoms with Gasteiger partial charge in [0.1, 0.15) is 9.88 Å². The summed E-state index contributed by atoms with van der Waals surface area (Å²) in [6.45, 7) is 0. The van der Waals surface area contributed by atoms with Gasteiger partial charge >= 0.3 is 5.97 Å². The number of ether oxygens (including phenoxy) is 1. The van der Waals surface area contributed by atoms with Crippen LogP contribution >= 0.6 is 57.6 Å². The summed E-state index contributed by atoms with van der Waals surface area (Å²) in [6.07, 6.45) is 1.98. The largest absolute Gasteiger partial charge is 0.465 e. The lowest BCUT2D eigenvalue weighted by atomic mass is 10.2. The first-order chi connectivity index (χ1) is 11.5. The number of carbonyl (C=O) groups excluding carboxylic acids is 1. The minimum Gasteiger partial charge on any atom is -0.465 e. The zero-order valence-electron chi connectivity index (χ0n) is 12.6. The topological polar surface area (TPSA) is 39.2 Å². The molecule has 0 saturated heterocycles. The van der Waals surface area contributed by atoms with Gasteiger partial charge in [0.25, 0.3) is 0 Å². The number of nitrogens with zero attached hydrogens (tertiary/aromatic N) is 1. The van der Waals surface area contributed by atoms with Crippen molar-refractivity contribution in [2.45, 2.75) is 4.21 Å². The van der Waals surface area contributed by atoms with Crippen molar-refractivity contribution in [3.8, 4) is 21.8 Å². The maximum absolute atomic E-state index is 11.8. The van der Waals surface area contributed by atoms with Crippen LogP contribution < -0.4 is 0 Å².